The van der Waals surface area contributed by atoms with Gasteiger partial charge in [-0.05, 0) is 13.0 Å². The molecule has 2 aromatic heterocycles. The number of fused-ring (bicyclic) bond motifs is 1. The second-order valence-corrected chi connectivity index (χ2v) is 5.12. The van der Waals surface area contributed by atoms with Crippen LogP contribution in [0.1, 0.15) is 6.42 Å². The fraction of sp³-hybridized carbons (Fsp3) is 0.583. The number of hydrogen-bond donors (Lipinski definition) is 2. The number of aromatic amines is 1. The average molecular weight is 279 g/mol. The maximum absolute atomic E-state index is 12.0. The zero-order chi connectivity index (χ0) is 14.3. The molecule has 20 heavy (non-hydrogen) atoms. The van der Waals surface area contributed by atoms with Crippen molar-refractivity contribution in [3.05, 3.63) is 20.8 Å². The van der Waals surface area contributed by atoms with Crippen molar-refractivity contribution in [1.29, 1.82) is 0 Å². The van der Waals surface area contributed by atoms with E-state index in [1.165, 1.54) is 11.6 Å². The molecule has 1 aliphatic heterocycles. The molecule has 2 aromatic rings. The summed E-state index contributed by atoms with van der Waals surface area (Å²) < 4.78 is 7.97. The van der Waals surface area contributed by atoms with Gasteiger partial charge in [0.25, 0.3) is 11.6 Å². The van der Waals surface area contributed by atoms with Gasteiger partial charge in [-0.15, -0.1) is 0 Å². The number of rotatable bonds is 3. The molecule has 1 atom stereocenters. The quantitative estimate of drug-likeness (QED) is 0.747. The smallest absolute Gasteiger partial charge is 0.332 e. The zero-order valence-electron chi connectivity index (χ0n) is 11.5. The first-order chi connectivity index (χ1) is 9.58. The molecule has 1 aliphatic rings. The van der Waals surface area contributed by atoms with Crippen molar-refractivity contribution < 1.29 is 4.74 Å². The summed E-state index contributed by atoms with van der Waals surface area (Å²) >= 11 is 0. The van der Waals surface area contributed by atoms with Crippen LogP contribution in [0.25, 0.3) is 11.2 Å². The SMILES string of the molecule is Cn1c(=O)c2[nH]c(OCC3CCNC3)nc2n(C)c1=O. The highest BCUT2D eigenvalue weighted by Crippen LogP contribution is 2.13. The molecule has 8 nitrogen and oxygen atoms in total. The number of imidazole rings is 1. The van der Waals surface area contributed by atoms with Crippen molar-refractivity contribution in [2.45, 2.75) is 6.42 Å². The van der Waals surface area contributed by atoms with E-state index in [4.69, 9.17) is 4.74 Å². The molecule has 1 saturated heterocycles. The van der Waals surface area contributed by atoms with E-state index < -0.39 is 11.2 Å². The average Bonchev–Trinajstić information content (AvgIpc) is 3.09. The summed E-state index contributed by atoms with van der Waals surface area (Å²) in [5.74, 6) is 0.454. The lowest BCUT2D eigenvalue weighted by molar-refractivity contribution is 0.244. The number of aryl methyl sites for hydroxylation is 1. The molecule has 3 heterocycles. The third kappa shape index (κ3) is 2.01. The highest BCUT2D eigenvalue weighted by molar-refractivity contribution is 5.70. The summed E-state index contributed by atoms with van der Waals surface area (Å²) in [4.78, 5) is 30.8. The molecule has 0 radical (unpaired) electrons. The molecule has 1 unspecified atom stereocenters. The monoisotopic (exact) mass is 279 g/mol. The molecule has 3 rings (SSSR count). The molecule has 2 N–H and O–H groups in total. The largest absolute Gasteiger partial charge is 0.464 e. The molecule has 108 valence electrons. The molecule has 0 bridgehead atoms. The van der Waals surface area contributed by atoms with Crippen LogP contribution in [-0.2, 0) is 14.1 Å². The van der Waals surface area contributed by atoms with Crippen molar-refractivity contribution in [2.24, 2.45) is 20.0 Å². The third-order valence-electron chi connectivity index (χ3n) is 3.69. The van der Waals surface area contributed by atoms with Crippen molar-refractivity contribution >= 4 is 11.2 Å². The van der Waals surface area contributed by atoms with Crippen LogP contribution in [0, 0.1) is 5.92 Å². The Morgan fingerprint density at radius 3 is 2.85 bits per heavy atom. The number of nitrogens with one attached hydrogen (secondary N) is 2. The normalized spacial score (nSPS) is 18.8. The van der Waals surface area contributed by atoms with Gasteiger partial charge in [0.05, 0.1) is 6.61 Å². The Kier molecular flexibility index (Phi) is 3.09. The van der Waals surface area contributed by atoms with Crippen LogP contribution in [0.3, 0.4) is 0 Å². The van der Waals surface area contributed by atoms with E-state index in [2.05, 4.69) is 15.3 Å². The first-order valence-electron chi connectivity index (χ1n) is 6.57. The molecule has 8 heteroatoms. The van der Waals surface area contributed by atoms with Gasteiger partial charge in [-0.3, -0.25) is 13.9 Å². The number of hydrogen-bond acceptors (Lipinski definition) is 5. The van der Waals surface area contributed by atoms with Gasteiger partial charge in [-0.2, -0.15) is 4.98 Å². The third-order valence-corrected chi connectivity index (χ3v) is 3.69. The highest BCUT2D eigenvalue weighted by atomic mass is 16.5. The lowest BCUT2D eigenvalue weighted by Gasteiger charge is -2.07. The molecule has 0 aromatic carbocycles. The van der Waals surface area contributed by atoms with Crippen LogP contribution >= 0.6 is 0 Å². The van der Waals surface area contributed by atoms with Crippen molar-refractivity contribution in [3.63, 3.8) is 0 Å². The Morgan fingerprint density at radius 2 is 2.15 bits per heavy atom. The van der Waals surface area contributed by atoms with Gasteiger partial charge < -0.3 is 15.0 Å². The Labute approximate surface area is 114 Å². The van der Waals surface area contributed by atoms with Crippen LogP contribution in [0.15, 0.2) is 9.59 Å². The Bertz CT molecular complexity index is 751. The van der Waals surface area contributed by atoms with Crippen molar-refractivity contribution in [3.8, 4) is 6.01 Å². The first-order valence-corrected chi connectivity index (χ1v) is 6.57. The molecule has 0 amide bonds. The van der Waals surface area contributed by atoms with Crippen molar-refractivity contribution in [1.82, 2.24) is 24.4 Å². The van der Waals surface area contributed by atoms with Crippen LogP contribution in [0.5, 0.6) is 6.01 Å². The van der Waals surface area contributed by atoms with Gasteiger partial charge in [0.1, 0.15) is 0 Å². The molecular weight excluding hydrogens is 262 g/mol. The van der Waals surface area contributed by atoms with E-state index in [1.807, 2.05) is 0 Å². The molecule has 0 spiro atoms. The van der Waals surface area contributed by atoms with E-state index >= 15 is 0 Å². The minimum atomic E-state index is -0.402. The molecule has 1 fully saturated rings. The van der Waals surface area contributed by atoms with E-state index in [0.717, 1.165) is 24.1 Å². The van der Waals surface area contributed by atoms with Crippen LogP contribution in [0.2, 0.25) is 0 Å². The first kappa shape index (κ1) is 12.9. The zero-order valence-corrected chi connectivity index (χ0v) is 11.5. The number of H-pyrrole nitrogens is 1. The lowest BCUT2D eigenvalue weighted by atomic mass is 10.1. The van der Waals surface area contributed by atoms with E-state index in [9.17, 15) is 9.59 Å². The predicted octanol–water partition coefficient (Wildman–Crippen LogP) is -1.05. The Morgan fingerprint density at radius 1 is 1.35 bits per heavy atom. The van der Waals surface area contributed by atoms with Gasteiger partial charge in [-0.1, -0.05) is 0 Å². The highest BCUT2D eigenvalue weighted by Gasteiger charge is 2.17. The summed E-state index contributed by atoms with van der Waals surface area (Å²) in [6.45, 7) is 2.48. The van der Waals surface area contributed by atoms with Gasteiger partial charge in [0.15, 0.2) is 11.2 Å². The molecular formula is C12H17N5O3. The summed E-state index contributed by atoms with van der Waals surface area (Å²) in [5, 5.41) is 3.26. The minimum absolute atomic E-state index is 0.283. The second-order valence-electron chi connectivity index (χ2n) is 5.12. The van der Waals surface area contributed by atoms with Gasteiger partial charge in [-0.25, -0.2) is 4.79 Å². The molecule has 0 aliphatic carbocycles. The number of nitrogens with zero attached hydrogens (tertiary/aromatic N) is 3. The summed E-state index contributed by atoms with van der Waals surface area (Å²) in [5.41, 5.74) is -0.194. The fourth-order valence-electron chi connectivity index (χ4n) is 2.43. The van der Waals surface area contributed by atoms with E-state index in [0.29, 0.717) is 18.2 Å². The minimum Gasteiger partial charge on any atom is -0.464 e. The Hall–Kier alpha value is -2.09. The van der Waals surface area contributed by atoms with Gasteiger partial charge >= 0.3 is 5.69 Å². The van der Waals surface area contributed by atoms with Crippen molar-refractivity contribution in [2.75, 3.05) is 19.7 Å². The number of ether oxygens (including phenoxy) is 1. The van der Waals surface area contributed by atoms with E-state index in [1.54, 1.807) is 7.05 Å². The number of aromatic nitrogens is 4. The predicted molar refractivity (Wildman–Crippen MR) is 73.0 cm³/mol. The maximum atomic E-state index is 12.0. The van der Waals surface area contributed by atoms with Crippen LogP contribution in [0.4, 0.5) is 0 Å². The summed E-state index contributed by atoms with van der Waals surface area (Å²) in [6.07, 6.45) is 1.07. The topological polar surface area (TPSA) is 93.9 Å². The molecule has 0 saturated carbocycles. The lowest BCUT2D eigenvalue weighted by Crippen LogP contribution is -2.36. The maximum Gasteiger partial charge on any atom is 0.332 e. The van der Waals surface area contributed by atoms with E-state index in [-0.39, 0.29) is 11.5 Å². The van der Waals surface area contributed by atoms with Crippen LogP contribution in [-0.4, -0.2) is 38.8 Å². The van der Waals surface area contributed by atoms with Crippen LogP contribution < -0.4 is 21.3 Å². The summed E-state index contributed by atoms with van der Waals surface area (Å²) in [6, 6.07) is 0.283. The Balaban J connectivity index is 1.94. The second kappa shape index (κ2) is 4.78. The standard InChI is InChI=1S/C12H17N5O3/c1-16-9-8(10(18)17(2)12(16)19)14-11(15-9)20-6-7-3-4-13-5-7/h7,13H,3-6H2,1-2H3,(H,14,15). The fourth-order valence-corrected chi connectivity index (χ4v) is 2.43. The summed E-state index contributed by atoms with van der Waals surface area (Å²) in [7, 11) is 3.02. The van der Waals surface area contributed by atoms with Gasteiger partial charge in [0, 0.05) is 26.6 Å². The van der Waals surface area contributed by atoms with Gasteiger partial charge in [0.2, 0.25) is 0 Å².